The normalized spacial score (nSPS) is 18.3. The maximum Gasteiger partial charge on any atom is 0.306 e. The van der Waals surface area contributed by atoms with Gasteiger partial charge in [-0.3, -0.25) is 9.59 Å². The second-order valence-electron chi connectivity index (χ2n) is 5.36. The predicted octanol–water partition coefficient (Wildman–Crippen LogP) is 1.18. The van der Waals surface area contributed by atoms with E-state index in [0.717, 1.165) is 0 Å². The Bertz CT molecular complexity index is 546. The molecular formula is C15H20N2O5. The van der Waals surface area contributed by atoms with Crippen LogP contribution in [0.25, 0.3) is 0 Å². The van der Waals surface area contributed by atoms with Crippen molar-refractivity contribution in [2.75, 3.05) is 19.7 Å². The number of hydrogen-bond donors (Lipinski definition) is 1. The third-order valence-electron chi connectivity index (χ3n) is 3.16. The summed E-state index contributed by atoms with van der Waals surface area (Å²) in [6.45, 7) is 4.71. The van der Waals surface area contributed by atoms with Crippen LogP contribution in [0.15, 0.2) is 18.3 Å². The van der Waals surface area contributed by atoms with Gasteiger partial charge in [0.2, 0.25) is 0 Å². The quantitative estimate of drug-likeness (QED) is 0.879. The lowest BCUT2D eigenvalue weighted by atomic mass is 10.2. The van der Waals surface area contributed by atoms with Gasteiger partial charge in [-0.1, -0.05) is 0 Å². The topological polar surface area (TPSA) is 89.0 Å². The fraction of sp³-hybridized carbons (Fsp3) is 0.533. The van der Waals surface area contributed by atoms with Crippen LogP contribution in [0.1, 0.15) is 30.8 Å². The molecule has 1 N–H and O–H groups in total. The number of amides is 1. The van der Waals surface area contributed by atoms with Gasteiger partial charge < -0.3 is 19.5 Å². The van der Waals surface area contributed by atoms with E-state index in [9.17, 15) is 9.59 Å². The summed E-state index contributed by atoms with van der Waals surface area (Å²) in [6.07, 6.45) is 0.852. The molecule has 120 valence electrons. The fourth-order valence-electron chi connectivity index (χ4n) is 2.27. The standard InChI is InChI=1S/C15H20N2O5/c1-10(2)22-12-4-3-5-16-14(12)15(20)17-6-7-21-11(9-17)8-13(18)19/h3-5,10-11H,6-9H2,1-2H3,(H,18,19)/t11-/m0/s1. The van der Waals surface area contributed by atoms with Crippen molar-refractivity contribution < 1.29 is 24.2 Å². The van der Waals surface area contributed by atoms with Gasteiger partial charge >= 0.3 is 5.97 Å². The van der Waals surface area contributed by atoms with E-state index in [1.165, 1.54) is 6.20 Å². The molecule has 1 aliphatic rings. The third-order valence-corrected chi connectivity index (χ3v) is 3.16. The second-order valence-corrected chi connectivity index (χ2v) is 5.36. The number of carbonyl (C=O) groups is 2. The van der Waals surface area contributed by atoms with Crippen LogP contribution >= 0.6 is 0 Å². The van der Waals surface area contributed by atoms with Crippen molar-refractivity contribution in [3.8, 4) is 5.75 Å². The number of aliphatic carboxylic acids is 1. The van der Waals surface area contributed by atoms with E-state index in [4.69, 9.17) is 14.6 Å². The molecule has 22 heavy (non-hydrogen) atoms. The molecule has 2 heterocycles. The minimum Gasteiger partial charge on any atom is -0.489 e. The molecule has 1 aromatic heterocycles. The van der Waals surface area contributed by atoms with E-state index < -0.39 is 12.1 Å². The molecule has 1 amide bonds. The van der Waals surface area contributed by atoms with Crippen molar-refractivity contribution in [3.63, 3.8) is 0 Å². The van der Waals surface area contributed by atoms with Gasteiger partial charge in [-0.2, -0.15) is 0 Å². The lowest BCUT2D eigenvalue weighted by molar-refractivity contribution is -0.141. The Hall–Kier alpha value is -2.15. The molecule has 0 aliphatic carbocycles. The van der Waals surface area contributed by atoms with E-state index >= 15 is 0 Å². The lowest BCUT2D eigenvalue weighted by Crippen LogP contribution is -2.46. The van der Waals surface area contributed by atoms with Gasteiger partial charge in [-0.25, -0.2) is 4.98 Å². The molecule has 0 bridgehead atoms. The van der Waals surface area contributed by atoms with Crippen LogP contribution < -0.4 is 4.74 Å². The molecule has 7 nitrogen and oxygen atoms in total. The lowest BCUT2D eigenvalue weighted by Gasteiger charge is -2.32. The van der Waals surface area contributed by atoms with E-state index in [1.807, 2.05) is 13.8 Å². The minimum atomic E-state index is -0.944. The molecule has 0 saturated carbocycles. The number of nitrogens with zero attached hydrogens (tertiary/aromatic N) is 2. The van der Waals surface area contributed by atoms with Crippen LogP contribution in [0.2, 0.25) is 0 Å². The highest BCUT2D eigenvalue weighted by Crippen LogP contribution is 2.20. The molecule has 7 heteroatoms. The second kappa shape index (κ2) is 7.22. The van der Waals surface area contributed by atoms with Crippen LogP contribution in [-0.2, 0) is 9.53 Å². The van der Waals surface area contributed by atoms with Gasteiger partial charge in [-0.15, -0.1) is 0 Å². The Morgan fingerprint density at radius 3 is 3.00 bits per heavy atom. The zero-order valence-corrected chi connectivity index (χ0v) is 12.7. The molecule has 1 saturated heterocycles. The van der Waals surface area contributed by atoms with Crippen molar-refractivity contribution in [1.82, 2.24) is 9.88 Å². The zero-order chi connectivity index (χ0) is 16.1. The Morgan fingerprint density at radius 2 is 2.32 bits per heavy atom. The average Bonchev–Trinajstić information content (AvgIpc) is 2.46. The smallest absolute Gasteiger partial charge is 0.306 e. The van der Waals surface area contributed by atoms with Crippen LogP contribution in [0.3, 0.4) is 0 Å². The Balaban J connectivity index is 2.12. The maximum absolute atomic E-state index is 12.6. The minimum absolute atomic E-state index is 0.0693. The summed E-state index contributed by atoms with van der Waals surface area (Å²) in [5.41, 5.74) is 0.243. The van der Waals surface area contributed by atoms with Crippen LogP contribution in [0.4, 0.5) is 0 Å². The Kier molecular flexibility index (Phi) is 5.32. The highest BCUT2D eigenvalue weighted by Gasteiger charge is 2.28. The largest absolute Gasteiger partial charge is 0.489 e. The van der Waals surface area contributed by atoms with Crippen molar-refractivity contribution in [3.05, 3.63) is 24.0 Å². The first kappa shape index (κ1) is 16.2. The van der Waals surface area contributed by atoms with Gasteiger partial charge in [0.05, 0.1) is 25.2 Å². The van der Waals surface area contributed by atoms with Gasteiger partial charge in [0.15, 0.2) is 11.4 Å². The Labute approximate surface area is 128 Å². The molecule has 1 atom stereocenters. The highest BCUT2D eigenvalue weighted by molar-refractivity contribution is 5.95. The van der Waals surface area contributed by atoms with Gasteiger partial charge in [0.25, 0.3) is 5.91 Å². The summed E-state index contributed by atoms with van der Waals surface area (Å²) in [6, 6.07) is 3.41. The summed E-state index contributed by atoms with van der Waals surface area (Å²) in [5.74, 6) is -0.778. The number of morpholine rings is 1. The number of carboxylic acid groups (broad SMARTS) is 1. The summed E-state index contributed by atoms with van der Waals surface area (Å²) in [4.78, 5) is 29.1. The molecule has 1 fully saturated rings. The van der Waals surface area contributed by atoms with Gasteiger partial charge in [0.1, 0.15) is 0 Å². The van der Waals surface area contributed by atoms with Crippen molar-refractivity contribution in [2.24, 2.45) is 0 Å². The molecule has 1 aliphatic heterocycles. The molecule has 0 unspecified atom stereocenters. The van der Waals surface area contributed by atoms with E-state index in [1.54, 1.807) is 17.0 Å². The number of aromatic nitrogens is 1. The van der Waals surface area contributed by atoms with E-state index in [0.29, 0.717) is 18.9 Å². The van der Waals surface area contributed by atoms with Crippen LogP contribution in [0.5, 0.6) is 5.75 Å². The monoisotopic (exact) mass is 308 g/mol. The average molecular weight is 308 g/mol. The fourth-order valence-corrected chi connectivity index (χ4v) is 2.27. The molecule has 0 radical (unpaired) electrons. The van der Waals surface area contributed by atoms with Crippen LogP contribution in [0, 0.1) is 0 Å². The van der Waals surface area contributed by atoms with E-state index in [2.05, 4.69) is 4.98 Å². The van der Waals surface area contributed by atoms with Crippen LogP contribution in [-0.4, -0.2) is 58.8 Å². The zero-order valence-electron chi connectivity index (χ0n) is 12.7. The number of rotatable bonds is 5. The summed E-state index contributed by atoms with van der Waals surface area (Å²) < 4.78 is 11.0. The molecule has 1 aromatic rings. The number of carbonyl (C=O) groups excluding carboxylic acids is 1. The molecular weight excluding hydrogens is 288 g/mol. The third kappa shape index (κ3) is 4.17. The molecule has 0 aromatic carbocycles. The van der Waals surface area contributed by atoms with Crippen molar-refractivity contribution in [2.45, 2.75) is 32.5 Å². The number of ether oxygens (including phenoxy) is 2. The number of carboxylic acids is 1. The number of hydrogen-bond acceptors (Lipinski definition) is 5. The molecule has 2 rings (SSSR count). The SMILES string of the molecule is CC(C)Oc1cccnc1C(=O)N1CCO[C@@H](CC(=O)O)C1. The first-order chi connectivity index (χ1) is 10.5. The first-order valence-electron chi connectivity index (χ1n) is 7.21. The predicted molar refractivity (Wildman–Crippen MR) is 77.9 cm³/mol. The van der Waals surface area contributed by atoms with Crippen molar-refractivity contribution in [1.29, 1.82) is 0 Å². The van der Waals surface area contributed by atoms with Gasteiger partial charge in [-0.05, 0) is 26.0 Å². The van der Waals surface area contributed by atoms with Crippen molar-refractivity contribution >= 4 is 11.9 Å². The maximum atomic E-state index is 12.6. The summed E-state index contributed by atoms with van der Waals surface area (Å²) >= 11 is 0. The van der Waals surface area contributed by atoms with E-state index in [-0.39, 0.29) is 30.7 Å². The summed E-state index contributed by atoms with van der Waals surface area (Å²) in [5, 5.41) is 8.84. The first-order valence-corrected chi connectivity index (χ1v) is 7.21. The summed E-state index contributed by atoms with van der Waals surface area (Å²) in [7, 11) is 0. The molecule has 0 spiro atoms. The highest BCUT2D eigenvalue weighted by atomic mass is 16.5. The Morgan fingerprint density at radius 1 is 1.55 bits per heavy atom. The van der Waals surface area contributed by atoms with Gasteiger partial charge in [0, 0.05) is 19.3 Å². The number of pyridine rings is 1.